The first-order valence-corrected chi connectivity index (χ1v) is 8.03. The molecule has 0 bridgehead atoms. The molecule has 0 fully saturated rings. The third-order valence-corrected chi connectivity index (χ3v) is 3.38. The molecule has 5 nitrogen and oxygen atoms in total. The van der Waals surface area contributed by atoms with Crippen molar-refractivity contribution in [2.24, 2.45) is 4.99 Å². The number of hydrogen-bond donors (Lipinski definition) is 2. The molecule has 0 atom stereocenters. The van der Waals surface area contributed by atoms with Gasteiger partial charge in [-0.05, 0) is 31.0 Å². The van der Waals surface area contributed by atoms with Crippen LogP contribution in [0, 0.1) is 5.82 Å². The van der Waals surface area contributed by atoms with E-state index in [1.54, 1.807) is 29.4 Å². The summed E-state index contributed by atoms with van der Waals surface area (Å²) in [6.07, 6.45) is 7.16. The molecule has 1 aromatic carbocycles. The normalized spacial score (nSPS) is 11.5. The van der Waals surface area contributed by atoms with Gasteiger partial charge in [0.05, 0.1) is 18.6 Å². The monoisotopic (exact) mass is 317 g/mol. The van der Waals surface area contributed by atoms with Crippen LogP contribution in [-0.4, -0.2) is 28.6 Å². The predicted octanol–water partition coefficient (Wildman–Crippen LogP) is 2.87. The molecule has 2 N–H and O–H groups in total. The highest BCUT2D eigenvalue weighted by molar-refractivity contribution is 5.79. The van der Waals surface area contributed by atoms with Crippen molar-refractivity contribution in [1.29, 1.82) is 0 Å². The maximum atomic E-state index is 14.2. The van der Waals surface area contributed by atoms with Crippen molar-refractivity contribution in [3.8, 4) is 5.69 Å². The van der Waals surface area contributed by atoms with Crippen molar-refractivity contribution in [3.63, 3.8) is 0 Å². The van der Waals surface area contributed by atoms with Crippen molar-refractivity contribution in [3.05, 3.63) is 48.3 Å². The van der Waals surface area contributed by atoms with E-state index in [9.17, 15) is 4.39 Å². The van der Waals surface area contributed by atoms with Gasteiger partial charge in [0.25, 0.3) is 0 Å². The lowest BCUT2D eigenvalue weighted by atomic mass is 10.2. The summed E-state index contributed by atoms with van der Waals surface area (Å²) in [7, 11) is 0. The molecule has 0 saturated heterocycles. The van der Waals surface area contributed by atoms with Crippen LogP contribution in [0.5, 0.6) is 0 Å². The molecule has 1 heterocycles. The molecule has 124 valence electrons. The first kappa shape index (κ1) is 17.0. The number of imidazole rings is 1. The van der Waals surface area contributed by atoms with Gasteiger partial charge in [0.1, 0.15) is 5.82 Å². The van der Waals surface area contributed by atoms with Crippen LogP contribution in [0.25, 0.3) is 5.69 Å². The second-order valence-corrected chi connectivity index (χ2v) is 5.23. The molecule has 23 heavy (non-hydrogen) atoms. The van der Waals surface area contributed by atoms with Gasteiger partial charge in [-0.2, -0.15) is 0 Å². The van der Waals surface area contributed by atoms with Crippen LogP contribution in [0.15, 0.2) is 41.9 Å². The Hall–Kier alpha value is -2.37. The van der Waals surface area contributed by atoms with Crippen LogP contribution in [0.4, 0.5) is 4.39 Å². The summed E-state index contributed by atoms with van der Waals surface area (Å²) in [5.41, 5.74) is 1.32. The van der Waals surface area contributed by atoms with E-state index < -0.39 is 0 Å². The number of hydrogen-bond acceptors (Lipinski definition) is 2. The summed E-state index contributed by atoms with van der Waals surface area (Å²) in [5, 5.41) is 6.47. The number of aromatic nitrogens is 2. The smallest absolute Gasteiger partial charge is 0.191 e. The highest BCUT2D eigenvalue weighted by Gasteiger charge is 2.05. The Morgan fingerprint density at radius 2 is 2.17 bits per heavy atom. The molecule has 0 aliphatic heterocycles. The maximum Gasteiger partial charge on any atom is 0.191 e. The quantitative estimate of drug-likeness (QED) is 0.469. The highest BCUT2D eigenvalue weighted by atomic mass is 19.1. The number of unbranched alkanes of at least 4 members (excludes halogenated alkanes) is 1. The van der Waals surface area contributed by atoms with Crippen LogP contribution in [-0.2, 0) is 6.54 Å². The van der Waals surface area contributed by atoms with Gasteiger partial charge < -0.3 is 15.2 Å². The van der Waals surface area contributed by atoms with Gasteiger partial charge in [-0.1, -0.05) is 19.4 Å². The standard InChI is InChI=1S/C17H24FN5/c1-3-5-8-21-17(20-4-2)22-12-14-6-7-16(15(18)11-14)23-10-9-19-13-23/h6-7,9-11,13H,3-5,8,12H2,1-2H3,(H2,20,21,22). The molecule has 0 spiro atoms. The van der Waals surface area contributed by atoms with Gasteiger partial charge >= 0.3 is 0 Å². The minimum Gasteiger partial charge on any atom is -0.357 e. The van der Waals surface area contributed by atoms with Gasteiger partial charge in [-0.15, -0.1) is 0 Å². The van der Waals surface area contributed by atoms with E-state index in [1.165, 1.54) is 6.07 Å². The lowest BCUT2D eigenvalue weighted by molar-refractivity contribution is 0.615. The fraction of sp³-hybridized carbons (Fsp3) is 0.412. The number of rotatable bonds is 7. The van der Waals surface area contributed by atoms with Crippen molar-refractivity contribution in [1.82, 2.24) is 20.2 Å². The Kier molecular flexibility index (Phi) is 6.59. The average Bonchev–Trinajstić information content (AvgIpc) is 3.07. The zero-order valence-electron chi connectivity index (χ0n) is 13.7. The predicted molar refractivity (Wildman–Crippen MR) is 91.2 cm³/mol. The third-order valence-electron chi connectivity index (χ3n) is 3.38. The van der Waals surface area contributed by atoms with Gasteiger partial charge in [0.15, 0.2) is 5.96 Å². The molecule has 1 aromatic heterocycles. The van der Waals surface area contributed by atoms with Crippen molar-refractivity contribution in [2.45, 2.75) is 33.2 Å². The summed E-state index contributed by atoms with van der Waals surface area (Å²) in [6.45, 7) is 6.29. The summed E-state index contributed by atoms with van der Waals surface area (Å²) in [4.78, 5) is 8.43. The summed E-state index contributed by atoms with van der Waals surface area (Å²) >= 11 is 0. The number of nitrogens with zero attached hydrogens (tertiary/aromatic N) is 3. The number of aliphatic imine (C=N–C) groups is 1. The molecule has 0 radical (unpaired) electrons. The Bertz CT molecular complexity index is 622. The van der Waals surface area contributed by atoms with Crippen LogP contribution >= 0.6 is 0 Å². The largest absolute Gasteiger partial charge is 0.357 e. The van der Waals surface area contributed by atoms with Crippen molar-refractivity contribution in [2.75, 3.05) is 13.1 Å². The summed E-state index contributed by atoms with van der Waals surface area (Å²) < 4.78 is 15.9. The van der Waals surface area contributed by atoms with Gasteiger partial charge in [-0.25, -0.2) is 14.4 Å². The number of nitrogens with one attached hydrogen (secondary N) is 2. The summed E-state index contributed by atoms with van der Waals surface area (Å²) in [5.74, 6) is 0.486. The zero-order chi connectivity index (χ0) is 16.5. The number of halogens is 1. The first-order chi connectivity index (χ1) is 11.2. The highest BCUT2D eigenvalue weighted by Crippen LogP contribution is 2.15. The molecule has 0 aliphatic rings. The zero-order valence-corrected chi connectivity index (χ0v) is 13.7. The molecule has 0 aliphatic carbocycles. The lowest BCUT2D eigenvalue weighted by Crippen LogP contribution is -2.37. The fourth-order valence-electron chi connectivity index (χ4n) is 2.16. The van der Waals surface area contributed by atoms with Gasteiger partial charge in [0.2, 0.25) is 0 Å². The van der Waals surface area contributed by atoms with Crippen molar-refractivity contribution < 1.29 is 4.39 Å². The Labute approximate surface area is 136 Å². The second kappa shape index (κ2) is 8.92. The fourth-order valence-corrected chi connectivity index (χ4v) is 2.16. The van der Waals surface area contributed by atoms with Crippen LogP contribution in [0.2, 0.25) is 0 Å². The van der Waals surface area contributed by atoms with E-state index in [1.807, 2.05) is 13.0 Å². The molecule has 6 heteroatoms. The van der Waals surface area contributed by atoms with E-state index in [0.29, 0.717) is 12.2 Å². The molecular weight excluding hydrogens is 293 g/mol. The first-order valence-electron chi connectivity index (χ1n) is 8.03. The minimum absolute atomic E-state index is 0.278. The molecule has 0 amide bonds. The van der Waals surface area contributed by atoms with E-state index >= 15 is 0 Å². The van der Waals surface area contributed by atoms with Gasteiger partial charge in [-0.3, -0.25) is 0 Å². The second-order valence-electron chi connectivity index (χ2n) is 5.23. The van der Waals surface area contributed by atoms with E-state index in [0.717, 1.165) is 37.5 Å². The van der Waals surface area contributed by atoms with E-state index in [4.69, 9.17) is 0 Å². The Morgan fingerprint density at radius 1 is 1.30 bits per heavy atom. The van der Waals surface area contributed by atoms with E-state index in [2.05, 4.69) is 27.5 Å². The summed E-state index contributed by atoms with van der Waals surface area (Å²) in [6, 6.07) is 5.16. The number of guanidine groups is 1. The number of benzene rings is 1. The van der Waals surface area contributed by atoms with Crippen LogP contribution in [0.1, 0.15) is 32.3 Å². The molecule has 2 rings (SSSR count). The van der Waals surface area contributed by atoms with Crippen molar-refractivity contribution >= 4 is 5.96 Å². The third kappa shape index (κ3) is 5.09. The SMILES string of the molecule is CCCCNC(=NCc1ccc(-n2ccnc2)c(F)c1)NCC. The van der Waals surface area contributed by atoms with Gasteiger partial charge in [0, 0.05) is 25.5 Å². The van der Waals surface area contributed by atoms with Crippen LogP contribution in [0.3, 0.4) is 0 Å². The molecule has 0 saturated carbocycles. The molecular formula is C17H24FN5. The van der Waals surface area contributed by atoms with Crippen LogP contribution < -0.4 is 10.6 Å². The molecule has 2 aromatic rings. The lowest BCUT2D eigenvalue weighted by Gasteiger charge is -2.11. The molecule has 0 unspecified atom stereocenters. The average molecular weight is 317 g/mol. The van der Waals surface area contributed by atoms with E-state index in [-0.39, 0.29) is 5.82 Å². The topological polar surface area (TPSA) is 54.2 Å². The Balaban J connectivity index is 2.03. The Morgan fingerprint density at radius 3 is 2.83 bits per heavy atom. The minimum atomic E-state index is -0.278. The maximum absolute atomic E-state index is 14.2.